The molecule has 0 aliphatic heterocycles. The van der Waals surface area contributed by atoms with Crippen molar-refractivity contribution in [2.45, 2.75) is 0 Å². The third-order valence-electron chi connectivity index (χ3n) is 2.47. The Bertz CT molecular complexity index is 735. The van der Waals surface area contributed by atoms with Crippen LogP contribution in [0.1, 0.15) is 5.69 Å². The second kappa shape index (κ2) is 2.94. The van der Waals surface area contributed by atoms with Gasteiger partial charge in [-0.1, -0.05) is 0 Å². The van der Waals surface area contributed by atoms with Crippen molar-refractivity contribution in [2.75, 3.05) is 5.73 Å². The maximum atomic E-state index is 8.80. The van der Waals surface area contributed by atoms with Crippen molar-refractivity contribution < 1.29 is 0 Å². The van der Waals surface area contributed by atoms with Crippen molar-refractivity contribution in [3.8, 4) is 6.07 Å². The molecule has 5 nitrogen and oxygen atoms in total. The van der Waals surface area contributed by atoms with Crippen molar-refractivity contribution >= 4 is 27.6 Å². The number of fused-ring (bicyclic) bond motifs is 3. The molecule has 0 unspecified atom stereocenters. The summed E-state index contributed by atoms with van der Waals surface area (Å²) in [5.74, 6) is 0. The lowest BCUT2D eigenvalue weighted by molar-refractivity contribution is 1.28. The highest BCUT2D eigenvalue weighted by Crippen LogP contribution is 2.25. The van der Waals surface area contributed by atoms with Gasteiger partial charge in [-0.05, 0) is 12.1 Å². The summed E-state index contributed by atoms with van der Waals surface area (Å²) >= 11 is 0. The Morgan fingerprint density at radius 3 is 2.88 bits per heavy atom. The van der Waals surface area contributed by atoms with Crippen LogP contribution < -0.4 is 5.73 Å². The van der Waals surface area contributed by atoms with Gasteiger partial charge in [0.15, 0.2) is 0 Å². The molecule has 0 spiro atoms. The normalized spacial score (nSPS) is 10.7. The van der Waals surface area contributed by atoms with Crippen LogP contribution in [0, 0.1) is 11.3 Å². The fourth-order valence-corrected chi connectivity index (χ4v) is 1.75. The molecule has 0 radical (unpaired) electrons. The average Bonchev–Trinajstić information content (AvgIpc) is 2.66. The Morgan fingerprint density at radius 1 is 1.19 bits per heavy atom. The number of pyridine rings is 2. The van der Waals surface area contributed by atoms with Gasteiger partial charge in [-0.15, -0.1) is 0 Å². The largest absolute Gasteiger partial charge is 0.397 e. The fraction of sp³-hybridized carbons (Fsp3) is 0. The molecule has 0 bridgehead atoms. The lowest BCUT2D eigenvalue weighted by Crippen LogP contribution is -1.85. The molecule has 3 aromatic rings. The summed E-state index contributed by atoms with van der Waals surface area (Å²) in [7, 11) is 0. The van der Waals surface area contributed by atoms with E-state index in [4.69, 9.17) is 11.0 Å². The van der Waals surface area contributed by atoms with Crippen LogP contribution in [0.3, 0.4) is 0 Å². The number of rotatable bonds is 0. The minimum absolute atomic E-state index is 0.385. The van der Waals surface area contributed by atoms with Crippen LogP contribution in [-0.2, 0) is 0 Å². The van der Waals surface area contributed by atoms with Crippen LogP contribution in [0.2, 0.25) is 0 Å². The van der Waals surface area contributed by atoms with Crippen LogP contribution in [-0.4, -0.2) is 15.0 Å². The van der Waals surface area contributed by atoms with E-state index in [-0.39, 0.29) is 0 Å². The van der Waals surface area contributed by atoms with E-state index in [1.54, 1.807) is 18.5 Å². The number of nitriles is 1. The van der Waals surface area contributed by atoms with Crippen LogP contribution in [0.4, 0.5) is 5.69 Å². The zero-order chi connectivity index (χ0) is 11.1. The molecule has 0 fully saturated rings. The highest BCUT2D eigenvalue weighted by atomic mass is 14.9. The number of aromatic amines is 1. The Hall–Kier alpha value is -2.61. The van der Waals surface area contributed by atoms with Crippen molar-refractivity contribution in [1.82, 2.24) is 15.0 Å². The predicted octanol–water partition coefficient (Wildman–Crippen LogP) is 1.56. The third-order valence-corrected chi connectivity index (χ3v) is 2.47. The summed E-state index contributed by atoms with van der Waals surface area (Å²) < 4.78 is 0. The second-order valence-corrected chi connectivity index (χ2v) is 3.52. The minimum atomic E-state index is 0.385. The summed E-state index contributed by atoms with van der Waals surface area (Å²) in [5.41, 5.74) is 8.28. The Balaban J connectivity index is 2.50. The van der Waals surface area contributed by atoms with Gasteiger partial charge in [0.05, 0.1) is 23.6 Å². The molecule has 0 aliphatic rings. The average molecular weight is 209 g/mol. The molecule has 5 heteroatoms. The van der Waals surface area contributed by atoms with E-state index < -0.39 is 0 Å². The topological polar surface area (TPSA) is 91.4 Å². The van der Waals surface area contributed by atoms with E-state index >= 15 is 0 Å². The van der Waals surface area contributed by atoms with Gasteiger partial charge in [-0.25, -0.2) is 9.97 Å². The van der Waals surface area contributed by atoms with Crippen molar-refractivity contribution in [1.29, 1.82) is 5.26 Å². The van der Waals surface area contributed by atoms with Gasteiger partial charge in [-0.3, -0.25) is 0 Å². The van der Waals surface area contributed by atoms with Crippen molar-refractivity contribution in [3.63, 3.8) is 0 Å². The molecule has 3 heterocycles. The number of nitrogens with zero attached hydrogens (tertiary/aromatic N) is 3. The maximum absolute atomic E-state index is 8.80. The number of nitrogen functional groups attached to an aromatic ring is 1. The molecule has 0 saturated heterocycles. The molecule has 0 aliphatic carbocycles. The van der Waals surface area contributed by atoms with E-state index in [2.05, 4.69) is 15.0 Å². The van der Waals surface area contributed by atoms with Gasteiger partial charge in [0, 0.05) is 10.8 Å². The SMILES string of the molecule is N#Cc1cc2c(cn1)[nH]c1ncc(N)cc12. The molecule has 3 rings (SSSR count). The van der Waals surface area contributed by atoms with Crippen LogP contribution in [0.15, 0.2) is 24.5 Å². The smallest absolute Gasteiger partial charge is 0.141 e. The lowest BCUT2D eigenvalue weighted by Gasteiger charge is -1.93. The zero-order valence-electron chi connectivity index (χ0n) is 8.23. The minimum Gasteiger partial charge on any atom is -0.397 e. The molecule has 3 N–H and O–H groups in total. The van der Waals surface area contributed by atoms with E-state index in [1.807, 2.05) is 12.1 Å². The number of nitrogens with one attached hydrogen (secondary N) is 1. The van der Waals surface area contributed by atoms with E-state index in [1.165, 1.54) is 0 Å². The van der Waals surface area contributed by atoms with E-state index in [0.29, 0.717) is 11.4 Å². The molecule has 3 aromatic heterocycles. The van der Waals surface area contributed by atoms with Crippen LogP contribution in [0.5, 0.6) is 0 Å². The molecule has 0 saturated carbocycles. The lowest BCUT2D eigenvalue weighted by atomic mass is 10.2. The number of hydrogen-bond acceptors (Lipinski definition) is 4. The van der Waals surface area contributed by atoms with Gasteiger partial charge >= 0.3 is 0 Å². The predicted molar refractivity (Wildman–Crippen MR) is 60.5 cm³/mol. The zero-order valence-corrected chi connectivity index (χ0v) is 8.23. The molecule has 76 valence electrons. The highest BCUT2D eigenvalue weighted by molar-refractivity contribution is 6.06. The maximum Gasteiger partial charge on any atom is 0.141 e. The summed E-state index contributed by atoms with van der Waals surface area (Å²) in [6, 6.07) is 5.58. The Kier molecular flexibility index (Phi) is 1.59. The van der Waals surface area contributed by atoms with E-state index in [9.17, 15) is 0 Å². The first kappa shape index (κ1) is 8.68. The number of anilines is 1. The molecule has 0 atom stereocenters. The molecular formula is C11H7N5. The third kappa shape index (κ3) is 1.10. The first-order valence-corrected chi connectivity index (χ1v) is 4.71. The molecule has 16 heavy (non-hydrogen) atoms. The van der Waals surface area contributed by atoms with Gasteiger partial charge < -0.3 is 10.7 Å². The first-order chi connectivity index (χ1) is 7.78. The fourth-order valence-electron chi connectivity index (χ4n) is 1.75. The Morgan fingerprint density at radius 2 is 2.06 bits per heavy atom. The summed E-state index contributed by atoms with van der Waals surface area (Å²) in [6.07, 6.45) is 3.22. The number of aromatic nitrogens is 3. The summed E-state index contributed by atoms with van der Waals surface area (Å²) in [5, 5.41) is 10.6. The Labute approximate surface area is 90.5 Å². The van der Waals surface area contributed by atoms with Crippen molar-refractivity contribution in [3.05, 3.63) is 30.2 Å². The molecule has 0 aromatic carbocycles. The summed E-state index contributed by atoms with van der Waals surface area (Å²) in [6.45, 7) is 0. The second-order valence-electron chi connectivity index (χ2n) is 3.52. The van der Waals surface area contributed by atoms with Gasteiger partial charge in [0.1, 0.15) is 17.4 Å². The van der Waals surface area contributed by atoms with Crippen LogP contribution >= 0.6 is 0 Å². The quantitative estimate of drug-likeness (QED) is 0.587. The highest BCUT2D eigenvalue weighted by Gasteiger charge is 2.06. The number of H-pyrrole nitrogens is 1. The van der Waals surface area contributed by atoms with Crippen molar-refractivity contribution in [2.24, 2.45) is 0 Å². The number of nitrogens with two attached hydrogens (primary N) is 1. The monoisotopic (exact) mass is 209 g/mol. The van der Waals surface area contributed by atoms with Gasteiger partial charge in [0.25, 0.3) is 0 Å². The standard InChI is InChI=1S/C11H7N5/c12-3-7-2-8-9-1-6(13)4-15-11(9)16-10(8)5-14-7/h1-2,4-5H,13H2,(H,15,16). The first-order valence-electron chi connectivity index (χ1n) is 4.71. The van der Waals surface area contributed by atoms with Crippen LogP contribution in [0.25, 0.3) is 21.9 Å². The number of hydrogen-bond donors (Lipinski definition) is 2. The molecular weight excluding hydrogens is 202 g/mol. The van der Waals surface area contributed by atoms with Gasteiger partial charge in [-0.2, -0.15) is 5.26 Å². The van der Waals surface area contributed by atoms with Gasteiger partial charge in [0.2, 0.25) is 0 Å². The van der Waals surface area contributed by atoms with E-state index in [0.717, 1.165) is 21.9 Å². The summed E-state index contributed by atoms with van der Waals surface area (Å²) in [4.78, 5) is 11.3. The molecule has 0 amide bonds.